The summed E-state index contributed by atoms with van der Waals surface area (Å²) in [5.74, 6) is -0.436. The van der Waals surface area contributed by atoms with Crippen LogP contribution in [0.5, 0.6) is 5.75 Å². The Hall–Kier alpha value is -3.68. The number of likely N-dealkylation sites (tertiary alicyclic amines) is 1. The Morgan fingerprint density at radius 2 is 2.03 bits per heavy atom. The van der Waals surface area contributed by atoms with Crippen LogP contribution in [0.15, 0.2) is 60.1 Å². The molecular formula is C25H27FN4O3. The van der Waals surface area contributed by atoms with E-state index in [9.17, 15) is 14.4 Å². The van der Waals surface area contributed by atoms with E-state index in [4.69, 9.17) is 4.74 Å². The minimum Gasteiger partial charge on any atom is -0.495 e. The van der Waals surface area contributed by atoms with E-state index in [-0.39, 0.29) is 17.8 Å². The summed E-state index contributed by atoms with van der Waals surface area (Å²) in [6, 6.07) is 11.4. The van der Waals surface area contributed by atoms with Gasteiger partial charge in [-0.05, 0) is 56.5 Å². The third-order valence-corrected chi connectivity index (χ3v) is 6.20. The number of aromatic nitrogens is 2. The highest BCUT2D eigenvalue weighted by Crippen LogP contribution is 2.32. The highest BCUT2D eigenvalue weighted by Gasteiger charge is 2.36. The summed E-state index contributed by atoms with van der Waals surface area (Å²) in [4.78, 5) is 19.5. The van der Waals surface area contributed by atoms with Crippen LogP contribution in [0, 0.1) is 18.7 Å². The van der Waals surface area contributed by atoms with Crippen LogP contribution >= 0.6 is 0 Å². The molecule has 3 aromatic rings. The molecule has 8 heteroatoms. The molecule has 1 amide bonds. The predicted molar refractivity (Wildman–Crippen MR) is 122 cm³/mol. The highest BCUT2D eigenvalue weighted by atomic mass is 19.1. The maximum atomic E-state index is 13.4. The van der Waals surface area contributed by atoms with Gasteiger partial charge in [-0.1, -0.05) is 23.4 Å². The Morgan fingerprint density at radius 1 is 1.27 bits per heavy atom. The maximum absolute atomic E-state index is 13.4. The third-order valence-electron chi connectivity index (χ3n) is 6.20. The summed E-state index contributed by atoms with van der Waals surface area (Å²) in [5, 5.41) is 13.4. The summed E-state index contributed by atoms with van der Waals surface area (Å²) in [6.45, 7) is 4.42. The van der Waals surface area contributed by atoms with Crippen LogP contribution in [-0.2, 0) is 4.79 Å². The van der Waals surface area contributed by atoms with Crippen molar-refractivity contribution in [2.24, 2.45) is 11.1 Å². The van der Waals surface area contributed by atoms with Gasteiger partial charge in [0.1, 0.15) is 11.6 Å². The van der Waals surface area contributed by atoms with Gasteiger partial charge in [-0.25, -0.2) is 9.37 Å². The highest BCUT2D eigenvalue weighted by molar-refractivity contribution is 6.13. The molecule has 0 saturated carbocycles. The molecule has 1 N–H and O–H groups in total. The number of methoxy groups -OCH3 is 1. The van der Waals surface area contributed by atoms with Crippen LogP contribution in [0.25, 0.3) is 5.69 Å². The van der Waals surface area contributed by atoms with Gasteiger partial charge in [0.25, 0.3) is 0 Å². The van der Waals surface area contributed by atoms with Crippen molar-refractivity contribution < 1.29 is 19.1 Å². The quantitative estimate of drug-likeness (QED) is 0.341. The van der Waals surface area contributed by atoms with Crippen molar-refractivity contribution in [1.29, 1.82) is 0 Å². The summed E-state index contributed by atoms with van der Waals surface area (Å²) in [7, 11) is 1.57. The number of carbonyl (C=O) groups excluding carboxylic acids is 1. The molecule has 0 radical (unpaired) electrons. The van der Waals surface area contributed by atoms with E-state index in [0.29, 0.717) is 30.0 Å². The van der Waals surface area contributed by atoms with Crippen molar-refractivity contribution in [2.45, 2.75) is 32.7 Å². The first kappa shape index (κ1) is 22.5. The van der Waals surface area contributed by atoms with Crippen LogP contribution in [0.4, 0.5) is 4.39 Å². The molecule has 33 heavy (non-hydrogen) atoms. The Balaban J connectivity index is 1.61. The molecule has 1 aliphatic rings. The van der Waals surface area contributed by atoms with Gasteiger partial charge in [0.15, 0.2) is 0 Å². The molecule has 1 aromatic heterocycles. The average Bonchev–Trinajstić information content (AvgIpc) is 3.26. The summed E-state index contributed by atoms with van der Waals surface area (Å²) >= 11 is 0. The predicted octanol–water partition coefficient (Wildman–Crippen LogP) is 4.51. The summed E-state index contributed by atoms with van der Waals surface area (Å²) < 4.78 is 20.8. The number of hydrogen-bond acceptors (Lipinski definition) is 5. The van der Waals surface area contributed by atoms with Crippen LogP contribution in [0.1, 0.15) is 42.6 Å². The first-order valence-electron chi connectivity index (χ1n) is 10.9. The SMILES string of the molecule is COc1cc(C(=NO)C2CCCN(C(C)c3ccc(F)cc3)C2=O)ccc1-n1cnc(C)c1. The Labute approximate surface area is 192 Å². The van der Waals surface area contributed by atoms with Gasteiger partial charge in [0, 0.05) is 18.3 Å². The van der Waals surface area contributed by atoms with Crippen molar-refractivity contribution in [1.82, 2.24) is 14.5 Å². The molecule has 2 aromatic carbocycles. The smallest absolute Gasteiger partial charge is 0.232 e. The zero-order chi connectivity index (χ0) is 23.5. The molecule has 1 aliphatic heterocycles. The zero-order valence-electron chi connectivity index (χ0n) is 18.9. The fourth-order valence-electron chi connectivity index (χ4n) is 4.39. The van der Waals surface area contributed by atoms with Gasteiger partial charge in [-0.15, -0.1) is 0 Å². The minimum absolute atomic E-state index is 0.112. The normalized spacial score (nSPS) is 17.8. The number of halogens is 1. The maximum Gasteiger partial charge on any atom is 0.232 e. The van der Waals surface area contributed by atoms with Gasteiger partial charge in [0.2, 0.25) is 5.91 Å². The van der Waals surface area contributed by atoms with Gasteiger partial charge in [-0.2, -0.15) is 0 Å². The van der Waals surface area contributed by atoms with E-state index in [1.807, 2.05) is 36.7 Å². The molecule has 1 saturated heterocycles. The summed E-state index contributed by atoms with van der Waals surface area (Å²) in [6.07, 6.45) is 4.94. The van der Waals surface area contributed by atoms with E-state index in [2.05, 4.69) is 10.1 Å². The number of hydrogen-bond donors (Lipinski definition) is 1. The molecule has 172 valence electrons. The number of imidazole rings is 1. The molecular weight excluding hydrogens is 423 g/mol. The molecule has 2 heterocycles. The van der Waals surface area contributed by atoms with Crippen molar-refractivity contribution in [3.63, 3.8) is 0 Å². The van der Waals surface area contributed by atoms with E-state index >= 15 is 0 Å². The van der Waals surface area contributed by atoms with Crippen LogP contribution in [-0.4, -0.2) is 44.9 Å². The van der Waals surface area contributed by atoms with Gasteiger partial charge in [0.05, 0.1) is 42.5 Å². The monoisotopic (exact) mass is 450 g/mol. The van der Waals surface area contributed by atoms with Gasteiger partial charge < -0.3 is 19.4 Å². The molecule has 0 bridgehead atoms. The van der Waals surface area contributed by atoms with Gasteiger partial charge in [-0.3, -0.25) is 4.79 Å². The zero-order valence-corrected chi connectivity index (χ0v) is 18.9. The Bertz CT molecular complexity index is 1170. The van der Waals surface area contributed by atoms with E-state index in [1.165, 1.54) is 12.1 Å². The number of oxime groups is 1. The molecule has 0 spiro atoms. The number of amides is 1. The second-order valence-electron chi connectivity index (χ2n) is 8.25. The standard InChI is InChI=1S/C25H27FN4O3/c1-16-14-29(15-27-16)22-11-8-19(13-23(22)33-3)24(28-32)21-5-4-12-30(25(21)31)17(2)18-6-9-20(26)10-7-18/h6-11,13-15,17,21,32H,4-5,12H2,1-3H3. The number of benzene rings is 2. The van der Waals surface area contributed by atoms with E-state index < -0.39 is 5.92 Å². The number of aryl methyl sites for hydroxylation is 1. The first-order valence-corrected chi connectivity index (χ1v) is 10.9. The Morgan fingerprint density at radius 3 is 2.67 bits per heavy atom. The van der Waals surface area contributed by atoms with E-state index in [1.54, 1.807) is 36.5 Å². The third kappa shape index (κ3) is 4.46. The lowest BCUT2D eigenvalue weighted by Crippen LogP contribution is -2.45. The van der Waals surface area contributed by atoms with E-state index in [0.717, 1.165) is 23.4 Å². The van der Waals surface area contributed by atoms with Crippen molar-refractivity contribution >= 4 is 11.6 Å². The largest absolute Gasteiger partial charge is 0.495 e. The minimum atomic E-state index is -0.585. The molecule has 1 fully saturated rings. The average molecular weight is 451 g/mol. The molecule has 2 unspecified atom stereocenters. The first-order chi connectivity index (χ1) is 15.9. The van der Waals surface area contributed by atoms with Gasteiger partial charge >= 0.3 is 0 Å². The Kier molecular flexibility index (Phi) is 6.44. The van der Waals surface area contributed by atoms with Crippen molar-refractivity contribution in [3.05, 3.63) is 77.6 Å². The second kappa shape index (κ2) is 9.44. The topological polar surface area (TPSA) is 80.0 Å². The lowest BCUT2D eigenvalue weighted by atomic mass is 9.87. The fourth-order valence-corrected chi connectivity index (χ4v) is 4.39. The van der Waals surface area contributed by atoms with Crippen LogP contribution in [0.2, 0.25) is 0 Å². The lowest BCUT2D eigenvalue weighted by Gasteiger charge is -2.37. The fraction of sp³-hybridized carbons (Fsp3) is 0.320. The number of rotatable bonds is 6. The molecule has 4 rings (SSSR count). The van der Waals surface area contributed by atoms with Crippen LogP contribution < -0.4 is 4.74 Å². The summed E-state index contributed by atoms with van der Waals surface area (Å²) in [5.41, 5.74) is 3.45. The lowest BCUT2D eigenvalue weighted by molar-refractivity contribution is -0.138. The molecule has 0 aliphatic carbocycles. The second-order valence-corrected chi connectivity index (χ2v) is 8.25. The number of ether oxygens (including phenoxy) is 1. The van der Waals surface area contributed by atoms with Crippen LogP contribution in [0.3, 0.4) is 0 Å². The molecule has 7 nitrogen and oxygen atoms in total. The molecule has 2 atom stereocenters. The number of piperidine rings is 1. The number of nitrogens with zero attached hydrogens (tertiary/aromatic N) is 4. The number of carbonyl (C=O) groups is 1. The van der Waals surface area contributed by atoms with Crippen molar-refractivity contribution in [3.8, 4) is 11.4 Å². The van der Waals surface area contributed by atoms with Crippen molar-refractivity contribution in [2.75, 3.05) is 13.7 Å².